The minimum absolute atomic E-state index is 0.255. The first-order valence-electron chi connectivity index (χ1n) is 5.87. The molecule has 0 amide bonds. The van der Waals surface area contributed by atoms with Crippen molar-refractivity contribution in [3.05, 3.63) is 0 Å². The third kappa shape index (κ3) is 4.07. The molecule has 1 fully saturated rings. The van der Waals surface area contributed by atoms with Crippen LogP contribution in [0.5, 0.6) is 0 Å². The molecule has 2 N–H and O–H groups in total. The molecule has 0 saturated carbocycles. The molecule has 1 saturated heterocycles. The molecule has 4 heteroatoms. The largest absolute Gasteiger partial charge is 0.395 e. The average Bonchev–Trinajstić information content (AvgIpc) is 2.37. The highest BCUT2D eigenvalue weighted by Gasteiger charge is 2.24. The molecular formula is C11H25N3O. The van der Waals surface area contributed by atoms with Crippen molar-refractivity contribution < 1.29 is 5.11 Å². The Balaban J connectivity index is 2.51. The van der Waals surface area contributed by atoms with Gasteiger partial charge >= 0.3 is 0 Å². The van der Waals surface area contributed by atoms with Crippen molar-refractivity contribution >= 4 is 0 Å². The fourth-order valence-electron chi connectivity index (χ4n) is 2.11. The molecule has 0 radical (unpaired) electrons. The number of hydrogen-bond acceptors (Lipinski definition) is 4. The lowest BCUT2D eigenvalue weighted by Crippen LogP contribution is -2.48. The van der Waals surface area contributed by atoms with Crippen LogP contribution >= 0.6 is 0 Å². The maximum absolute atomic E-state index is 9.37. The molecular weight excluding hydrogens is 190 g/mol. The Bertz CT molecular complexity index is 175. The SMILES string of the molecule is CC1CCNCC(CO)N1CCN(C)C. The van der Waals surface area contributed by atoms with Crippen LogP contribution in [0.25, 0.3) is 0 Å². The van der Waals surface area contributed by atoms with E-state index in [4.69, 9.17) is 0 Å². The summed E-state index contributed by atoms with van der Waals surface area (Å²) in [5.41, 5.74) is 0. The van der Waals surface area contributed by atoms with Gasteiger partial charge in [-0.05, 0) is 34.0 Å². The predicted molar refractivity (Wildman–Crippen MR) is 63.1 cm³/mol. The first kappa shape index (κ1) is 12.9. The first-order chi connectivity index (χ1) is 7.15. The lowest BCUT2D eigenvalue weighted by atomic mass is 10.1. The first-order valence-corrected chi connectivity index (χ1v) is 5.87. The smallest absolute Gasteiger partial charge is 0.0599 e. The third-order valence-electron chi connectivity index (χ3n) is 3.17. The van der Waals surface area contributed by atoms with Gasteiger partial charge in [0.2, 0.25) is 0 Å². The van der Waals surface area contributed by atoms with Crippen LogP contribution < -0.4 is 5.32 Å². The van der Waals surface area contributed by atoms with Gasteiger partial charge in [0.05, 0.1) is 6.61 Å². The van der Waals surface area contributed by atoms with Gasteiger partial charge in [-0.25, -0.2) is 0 Å². The van der Waals surface area contributed by atoms with Crippen molar-refractivity contribution in [2.45, 2.75) is 25.4 Å². The van der Waals surface area contributed by atoms with E-state index in [-0.39, 0.29) is 12.6 Å². The van der Waals surface area contributed by atoms with Crippen LogP contribution in [-0.2, 0) is 0 Å². The molecule has 0 aromatic heterocycles. The zero-order valence-electron chi connectivity index (χ0n) is 10.2. The fraction of sp³-hybridized carbons (Fsp3) is 1.00. The van der Waals surface area contributed by atoms with Gasteiger partial charge in [0.15, 0.2) is 0 Å². The Kier molecular flexibility index (Phi) is 5.53. The van der Waals surface area contributed by atoms with E-state index in [0.29, 0.717) is 6.04 Å². The van der Waals surface area contributed by atoms with E-state index in [1.807, 2.05) is 0 Å². The maximum atomic E-state index is 9.37. The normalized spacial score (nSPS) is 29.4. The summed E-state index contributed by atoms with van der Waals surface area (Å²) in [6.07, 6.45) is 1.17. The highest BCUT2D eigenvalue weighted by molar-refractivity contribution is 4.82. The van der Waals surface area contributed by atoms with Gasteiger partial charge in [0, 0.05) is 31.7 Å². The van der Waals surface area contributed by atoms with Gasteiger partial charge in [0.1, 0.15) is 0 Å². The number of rotatable bonds is 4. The summed E-state index contributed by atoms with van der Waals surface area (Å²) in [5, 5.41) is 12.8. The molecule has 1 aliphatic heterocycles. The van der Waals surface area contributed by atoms with Crippen molar-refractivity contribution in [2.75, 3.05) is 46.9 Å². The topological polar surface area (TPSA) is 38.7 Å². The number of aliphatic hydroxyl groups excluding tert-OH is 1. The zero-order valence-corrected chi connectivity index (χ0v) is 10.2. The predicted octanol–water partition coefficient (Wildman–Crippen LogP) is -0.407. The summed E-state index contributed by atoms with van der Waals surface area (Å²) < 4.78 is 0. The third-order valence-corrected chi connectivity index (χ3v) is 3.17. The van der Waals surface area contributed by atoms with Crippen LogP contribution in [0.2, 0.25) is 0 Å². The van der Waals surface area contributed by atoms with E-state index < -0.39 is 0 Å². The molecule has 2 atom stereocenters. The average molecular weight is 215 g/mol. The van der Waals surface area contributed by atoms with E-state index in [1.165, 1.54) is 6.42 Å². The maximum Gasteiger partial charge on any atom is 0.0599 e. The summed E-state index contributed by atoms with van der Waals surface area (Å²) in [6, 6.07) is 0.847. The summed E-state index contributed by atoms with van der Waals surface area (Å²) >= 11 is 0. The van der Waals surface area contributed by atoms with E-state index in [0.717, 1.165) is 26.2 Å². The minimum Gasteiger partial charge on any atom is -0.395 e. The molecule has 0 spiro atoms. The number of likely N-dealkylation sites (N-methyl/N-ethyl adjacent to an activating group) is 1. The summed E-state index contributed by atoms with van der Waals surface area (Å²) in [6.45, 7) is 6.59. The Morgan fingerprint density at radius 1 is 1.47 bits per heavy atom. The number of hydrogen-bond donors (Lipinski definition) is 2. The van der Waals surface area contributed by atoms with Crippen LogP contribution in [0.3, 0.4) is 0 Å². The molecule has 1 heterocycles. The minimum atomic E-state index is 0.255. The van der Waals surface area contributed by atoms with Gasteiger partial charge in [0.25, 0.3) is 0 Å². The molecule has 1 rings (SSSR count). The molecule has 0 aromatic carbocycles. The van der Waals surface area contributed by atoms with Crippen molar-refractivity contribution in [1.29, 1.82) is 0 Å². The second kappa shape index (κ2) is 6.43. The molecule has 2 unspecified atom stereocenters. The van der Waals surface area contributed by atoms with Crippen molar-refractivity contribution in [3.8, 4) is 0 Å². The number of nitrogens with zero attached hydrogens (tertiary/aromatic N) is 2. The lowest BCUT2D eigenvalue weighted by molar-refractivity contribution is 0.0914. The van der Waals surface area contributed by atoms with Gasteiger partial charge in [-0.3, -0.25) is 4.90 Å². The lowest BCUT2D eigenvalue weighted by Gasteiger charge is -2.34. The molecule has 0 aromatic rings. The standard InChI is InChI=1S/C11H25N3O/c1-10-4-5-12-8-11(9-15)14(10)7-6-13(2)3/h10-12,15H,4-9H2,1-3H3. The van der Waals surface area contributed by atoms with Crippen LogP contribution in [0.1, 0.15) is 13.3 Å². The Hall–Kier alpha value is -0.160. The summed E-state index contributed by atoms with van der Waals surface area (Å²) in [4.78, 5) is 4.62. The van der Waals surface area contributed by atoms with Gasteiger partial charge in [-0.15, -0.1) is 0 Å². The second-order valence-corrected chi connectivity index (χ2v) is 4.72. The monoisotopic (exact) mass is 215 g/mol. The Labute approximate surface area is 93.2 Å². The Morgan fingerprint density at radius 3 is 2.80 bits per heavy atom. The molecule has 0 bridgehead atoms. The summed E-state index contributed by atoms with van der Waals surface area (Å²) in [7, 11) is 4.18. The molecule has 0 aliphatic carbocycles. The second-order valence-electron chi connectivity index (χ2n) is 4.72. The number of nitrogens with one attached hydrogen (secondary N) is 1. The van der Waals surface area contributed by atoms with Crippen molar-refractivity contribution in [3.63, 3.8) is 0 Å². The van der Waals surface area contributed by atoms with Gasteiger partial charge < -0.3 is 15.3 Å². The highest BCUT2D eigenvalue weighted by Crippen LogP contribution is 2.11. The Morgan fingerprint density at radius 2 is 2.20 bits per heavy atom. The molecule has 1 aliphatic rings. The number of aliphatic hydroxyl groups is 1. The highest BCUT2D eigenvalue weighted by atomic mass is 16.3. The van der Waals surface area contributed by atoms with Gasteiger partial charge in [-0.2, -0.15) is 0 Å². The van der Waals surface area contributed by atoms with Crippen LogP contribution in [0.15, 0.2) is 0 Å². The van der Waals surface area contributed by atoms with Crippen LogP contribution in [0.4, 0.5) is 0 Å². The van der Waals surface area contributed by atoms with E-state index in [2.05, 4.69) is 36.1 Å². The molecule has 15 heavy (non-hydrogen) atoms. The van der Waals surface area contributed by atoms with Gasteiger partial charge in [-0.1, -0.05) is 0 Å². The summed E-state index contributed by atoms with van der Waals surface area (Å²) in [5.74, 6) is 0. The van der Waals surface area contributed by atoms with Crippen LogP contribution in [-0.4, -0.2) is 73.9 Å². The zero-order chi connectivity index (χ0) is 11.3. The quantitative estimate of drug-likeness (QED) is 0.669. The van der Waals surface area contributed by atoms with E-state index in [9.17, 15) is 5.11 Å². The molecule has 90 valence electrons. The van der Waals surface area contributed by atoms with E-state index in [1.54, 1.807) is 0 Å². The van der Waals surface area contributed by atoms with E-state index >= 15 is 0 Å². The van der Waals surface area contributed by atoms with Crippen LogP contribution in [0, 0.1) is 0 Å². The van der Waals surface area contributed by atoms with Crippen molar-refractivity contribution in [2.24, 2.45) is 0 Å². The molecule has 4 nitrogen and oxygen atoms in total. The fourth-order valence-corrected chi connectivity index (χ4v) is 2.11. The van der Waals surface area contributed by atoms with Crippen molar-refractivity contribution in [1.82, 2.24) is 15.1 Å².